The van der Waals surface area contributed by atoms with Crippen molar-refractivity contribution in [2.75, 3.05) is 20.2 Å². The van der Waals surface area contributed by atoms with Gasteiger partial charge in [0.1, 0.15) is 12.0 Å². The van der Waals surface area contributed by atoms with Gasteiger partial charge in [0, 0.05) is 73.2 Å². The number of ether oxygens (including phenoxy) is 1. The highest BCUT2D eigenvalue weighted by Gasteiger charge is 2.49. The van der Waals surface area contributed by atoms with Gasteiger partial charge in [0.15, 0.2) is 0 Å². The van der Waals surface area contributed by atoms with Gasteiger partial charge in [-0.25, -0.2) is 4.39 Å². The number of H-pyrrole nitrogens is 1. The van der Waals surface area contributed by atoms with Crippen LogP contribution in [0.3, 0.4) is 0 Å². The van der Waals surface area contributed by atoms with E-state index in [0.29, 0.717) is 13.1 Å². The van der Waals surface area contributed by atoms with Crippen LogP contribution in [0.2, 0.25) is 0 Å². The maximum atomic E-state index is 14.5. The number of carbonyl (C=O) groups excluding carboxylic acids is 1. The Hall–Kier alpha value is -2.70. The van der Waals surface area contributed by atoms with Gasteiger partial charge < -0.3 is 14.6 Å². The smallest absolute Gasteiger partial charge is 0.227 e. The second-order valence-corrected chi connectivity index (χ2v) is 10.3. The highest BCUT2D eigenvalue weighted by atomic mass is 19.1. The standard InChI is InChI=1S/C28H32FN3O2/c1-34-25-15-28(13-14-32(25)27(33)19-8-6-9-19)18-31(16-20-7-2-4-11-22(20)29)17-24-26(28)21-10-3-5-12-23(21)30-24/h2-5,7,10-12,19,25,30H,6,8-9,13-18H2,1H3. The molecule has 1 amide bonds. The second-order valence-electron chi connectivity index (χ2n) is 10.3. The number of rotatable bonds is 4. The Bertz CT molecular complexity index is 1220. The predicted octanol–water partition coefficient (Wildman–Crippen LogP) is 4.96. The molecular formula is C28H32FN3O2. The molecule has 0 radical (unpaired) electrons. The van der Waals surface area contributed by atoms with E-state index < -0.39 is 0 Å². The molecule has 2 aromatic carbocycles. The van der Waals surface area contributed by atoms with Crippen molar-refractivity contribution in [3.05, 3.63) is 71.2 Å². The van der Waals surface area contributed by atoms with Crippen LogP contribution in [0.25, 0.3) is 10.9 Å². The zero-order valence-electron chi connectivity index (χ0n) is 19.7. The number of aromatic amines is 1. The Balaban J connectivity index is 1.37. The lowest BCUT2D eigenvalue weighted by atomic mass is 9.68. The van der Waals surface area contributed by atoms with Crippen molar-refractivity contribution in [3.8, 4) is 0 Å². The number of methoxy groups -OCH3 is 1. The number of hydrogen-bond donors (Lipinski definition) is 1. The number of amides is 1. The Kier molecular flexibility index (Phi) is 5.46. The molecule has 2 atom stereocenters. The van der Waals surface area contributed by atoms with Gasteiger partial charge in [0.25, 0.3) is 0 Å². The fourth-order valence-electron chi connectivity index (χ4n) is 6.44. The minimum Gasteiger partial charge on any atom is -0.362 e. The summed E-state index contributed by atoms with van der Waals surface area (Å²) in [6.07, 6.45) is 4.55. The number of nitrogens with one attached hydrogen (secondary N) is 1. The highest BCUT2D eigenvalue weighted by Crippen LogP contribution is 2.47. The van der Waals surface area contributed by atoms with E-state index in [-0.39, 0.29) is 29.3 Å². The molecule has 1 N–H and O–H groups in total. The van der Waals surface area contributed by atoms with E-state index >= 15 is 0 Å². The van der Waals surface area contributed by atoms with E-state index in [1.807, 2.05) is 17.0 Å². The molecule has 0 bridgehead atoms. The maximum absolute atomic E-state index is 14.5. The van der Waals surface area contributed by atoms with Gasteiger partial charge in [-0.1, -0.05) is 42.8 Å². The molecule has 6 heteroatoms. The van der Waals surface area contributed by atoms with Crippen molar-refractivity contribution in [1.82, 2.24) is 14.8 Å². The number of piperidine rings is 1. The number of fused-ring (bicyclic) bond motifs is 4. The van der Waals surface area contributed by atoms with Crippen molar-refractivity contribution in [3.63, 3.8) is 0 Å². The van der Waals surface area contributed by atoms with Crippen molar-refractivity contribution >= 4 is 16.8 Å². The zero-order chi connectivity index (χ0) is 23.3. The molecule has 34 heavy (non-hydrogen) atoms. The molecule has 6 rings (SSSR count). The lowest BCUT2D eigenvalue weighted by Gasteiger charge is -2.51. The van der Waals surface area contributed by atoms with Gasteiger partial charge in [0.05, 0.1) is 0 Å². The highest BCUT2D eigenvalue weighted by molar-refractivity contribution is 5.86. The summed E-state index contributed by atoms with van der Waals surface area (Å²) < 4.78 is 20.5. The van der Waals surface area contributed by atoms with Crippen molar-refractivity contribution < 1.29 is 13.9 Å². The Morgan fingerprint density at radius 2 is 1.97 bits per heavy atom. The first-order valence-electron chi connectivity index (χ1n) is 12.5. The summed E-state index contributed by atoms with van der Waals surface area (Å²) in [6, 6.07) is 15.5. The number of hydrogen-bond acceptors (Lipinski definition) is 3. The fraction of sp³-hybridized carbons (Fsp3) is 0.464. The molecule has 3 heterocycles. The van der Waals surface area contributed by atoms with Crippen LogP contribution in [-0.2, 0) is 28.0 Å². The Labute approximate surface area is 199 Å². The third kappa shape index (κ3) is 3.55. The lowest BCUT2D eigenvalue weighted by Crippen LogP contribution is -2.58. The van der Waals surface area contributed by atoms with Gasteiger partial charge in [0.2, 0.25) is 5.91 Å². The van der Waals surface area contributed by atoms with E-state index in [0.717, 1.165) is 56.3 Å². The van der Waals surface area contributed by atoms with E-state index in [2.05, 4.69) is 34.1 Å². The molecule has 1 saturated carbocycles. The van der Waals surface area contributed by atoms with Gasteiger partial charge in [-0.05, 0) is 37.0 Å². The molecule has 1 aliphatic carbocycles. The van der Waals surface area contributed by atoms with Crippen LogP contribution >= 0.6 is 0 Å². The van der Waals surface area contributed by atoms with Crippen LogP contribution in [-0.4, -0.2) is 47.1 Å². The molecule has 1 spiro atoms. The van der Waals surface area contributed by atoms with E-state index in [1.54, 1.807) is 13.2 Å². The van der Waals surface area contributed by atoms with E-state index in [1.165, 1.54) is 22.7 Å². The number of nitrogens with zero attached hydrogens (tertiary/aromatic N) is 2. The summed E-state index contributed by atoms with van der Waals surface area (Å²) in [5, 5.41) is 1.26. The minimum absolute atomic E-state index is 0.157. The lowest BCUT2D eigenvalue weighted by molar-refractivity contribution is -0.159. The van der Waals surface area contributed by atoms with Crippen LogP contribution in [0.15, 0.2) is 48.5 Å². The first-order valence-corrected chi connectivity index (χ1v) is 12.5. The molecule has 3 aromatic rings. The largest absolute Gasteiger partial charge is 0.362 e. The third-order valence-corrected chi connectivity index (χ3v) is 8.33. The topological polar surface area (TPSA) is 48.6 Å². The van der Waals surface area contributed by atoms with Crippen LogP contribution < -0.4 is 0 Å². The molecule has 5 nitrogen and oxygen atoms in total. The first-order chi connectivity index (χ1) is 16.6. The minimum atomic E-state index is -0.239. The molecule has 2 unspecified atom stereocenters. The zero-order valence-corrected chi connectivity index (χ0v) is 19.7. The summed E-state index contributed by atoms with van der Waals surface area (Å²) in [7, 11) is 1.72. The van der Waals surface area contributed by atoms with E-state index in [4.69, 9.17) is 4.74 Å². The molecule has 2 aliphatic heterocycles. The SMILES string of the molecule is COC1CC2(CCN1C(=O)C1CCC1)CN(Cc1ccccc1F)Cc1[nH]c3ccccc3c12. The molecule has 3 aliphatic rings. The predicted molar refractivity (Wildman–Crippen MR) is 130 cm³/mol. The average Bonchev–Trinajstić information content (AvgIpc) is 3.18. The second kappa shape index (κ2) is 8.51. The summed E-state index contributed by atoms with van der Waals surface area (Å²) in [5.41, 5.74) is 4.28. The molecule has 2 fully saturated rings. The van der Waals surface area contributed by atoms with Crippen molar-refractivity contribution in [1.29, 1.82) is 0 Å². The van der Waals surface area contributed by atoms with Crippen molar-refractivity contribution in [2.45, 2.75) is 56.8 Å². The van der Waals surface area contributed by atoms with Crippen molar-refractivity contribution in [2.24, 2.45) is 5.92 Å². The Morgan fingerprint density at radius 3 is 2.74 bits per heavy atom. The van der Waals surface area contributed by atoms with Gasteiger partial charge in [-0.2, -0.15) is 0 Å². The molecular weight excluding hydrogens is 429 g/mol. The van der Waals surface area contributed by atoms with Crippen LogP contribution in [0.4, 0.5) is 4.39 Å². The normalized spacial score (nSPS) is 25.5. The average molecular weight is 462 g/mol. The summed E-state index contributed by atoms with van der Waals surface area (Å²) in [4.78, 5) is 21.2. The summed E-state index contributed by atoms with van der Waals surface area (Å²) in [6.45, 7) is 2.83. The molecule has 1 saturated heterocycles. The number of para-hydroxylation sites is 1. The van der Waals surface area contributed by atoms with Gasteiger partial charge in [-0.15, -0.1) is 0 Å². The van der Waals surface area contributed by atoms with E-state index in [9.17, 15) is 9.18 Å². The number of aromatic nitrogens is 1. The van der Waals surface area contributed by atoms with Crippen LogP contribution in [0.5, 0.6) is 0 Å². The number of carbonyl (C=O) groups is 1. The van der Waals surface area contributed by atoms with Gasteiger partial charge in [-0.3, -0.25) is 9.69 Å². The molecule has 178 valence electrons. The van der Waals surface area contributed by atoms with Crippen LogP contribution in [0, 0.1) is 11.7 Å². The molecule has 1 aromatic heterocycles. The van der Waals surface area contributed by atoms with Gasteiger partial charge >= 0.3 is 0 Å². The Morgan fingerprint density at radius 1 is 1.18 bits per heavy atom. The summed E-state index contributed by atoms with van der Waals surface area (Å²) in [5.74, 6) is 0.264. The number of likely N-dealkylation sites (tertiary alicyclic amines) is 1. The maximum Gasteiger partial charge on any atom is 0.227 e. The fourth-order valence-corrected chi connectivity index (χ4v) is 6.44. The number of halogens is 1. The summed E-state index contributed by atoms with van der Waals surface area (Å²) >= 11 is 0. The van der Waals surface area contributed by atoms with Crippen LogP contribution in [0.1, 0.15) is 48.9 Å². The monoisotopic (exact) mass is 461 g/mol. The first kappa shape index (κ1) is 21.8. The number of benzene rings is 2. The third-order valence-electron chi connectivity index (χ3n) is 8.33. The quantitative estimate of drug-likeness (QED) is 0.598.